The van der Waals surface area contributed by atoms with Gasteiger partial charge in [-0.1, -0.05) is 24.6 Å². The van der Waals surface area contributed by atoms with Crippen molar-refractivity contribution in [3.63, 3.8) is 0 Å². The molecule has 0 radical (unpaired) electrons. The van der Waals surface area contributed by atoms with Gasteiger partial charge in [0, 0.05) is 10.7 Å². The minimum absolute atomic E-state index is 0.0798. The first kappa shape index (κ1) is 15.0. The van der Waals surface area contributed by atoms with Crippen molar-refractivity contribution in [1.82, 2.24) is 0 Å². The third-order valence-corrected chi connectivity index (χ3v) is 3.10. The molecule has 0 aliphatic rings. The molecule has 0 saturated heterocycles. The number of benzene rings is 1. The smallest absolute Gasteiger partial charge is 0.279 e. The molecule has 0 saturated carbocycles. The molecule has 0 aromatic heterocycles. The zero-order chi connectivity index (χ0) is 13.5. The lowest BCUT2D eigenvalue weighted by molar-refractivity contribution is -0.680. The van der Waals surface area contributed by atoms with Gasteiger partial charge in [-0.25, -0.2) is 0 Å². The SMILES string of the molecule is CC[C@H](CO)[NH2+]CC(=O)Nc1cc(Cl)ccc1C. The van der Waals surface area contributed by atoms with E-state index in [0.29, 0.717) is 11.6 Å². The Labute approximate surface area is 112 Å². The minimum Gasteiger partial charge on any atom is -0.390 e. The maximum atomic E-state index is 11.7. The molecule has 1 aromatic rings. The highest BCUT2D eigenvalue weighted by Crippen LogP contribution is 2.19. The molecule has 1 aromatic carbocycles. The summed E-state index contributed by atoms with van der Waals surface area (Å²) in [4.78, 5) is 11.7. The van der Waals surface area contributed by atoms with E-state index in [4.69, 9.17) is 16.7 Å². The average Bonchev–Trinajstić information content (AvgIpc) is 2.35. The van der Waals surface area contributed by atoms with Gasteiger partial charge in [0.15, 0.2) is 6.54 Å². The van der Waals surface area contributed by atoms with Crippen LogP contribution in [-0.2, 0) is 4.79 Å². The number of amides is 1. The molecule has 0 aliphatic carbocycles. The van der Waals surface area contributed by atoms with Gasteiger partial charge in [-0.2, -0.15) is 0 Å². The number of carbonyl (C=O) groups is 1. The summed E-state index contributed by atoms with van der Waals surface area (Å²) in [5, 5.41) is 14.3. The minimum atomic E-state index is -0.0905. The van der Waals surface area contributed by atoms with Crippen LogP contribution in [0.4, 0.5) is 5.69 Å². The van der Waals surface area contributed by atoms with Crippen LogP contribution in [0.25, 0.3) is 0 Å². The fourth-order valence-corrected chi connectivity index (χ4v) is 1.75. The van der Waals surface area contributed by atoms with Gasteiger partial charge in [-0.15, -0.1) is 0 Å². The molecule has 1 atom stereocenters. The molecule has 1 rings (SSSR count). The van der Waals surface area contributed by atoms with Gasteiger partial charge in [-0.05, 0) is 31.0 Å². The first-order chi connectivity index (χ1) is 8.56. The third kappa shape index (κ3) is 4.64. The number of hydrogen-bond acceptors (Lipinski definition) is 2. The van der Waals surface area contributed by atoms with Crippen molar-refractivity contribution in [2.45, 2.75) is 26.3 Å². The number of nitrogens with two attached hydrogens (primary N) is 1. The number of hydrogen-bond donors (Lipinski definition) is 3. The van der Waals surface area contributed by atoms with Crippen LogP contribution < -0.4 is 10.6 Å². The Balaban J connectivity index is 2.51. The van der Waals surface area contributed by atoms with Crippen LogP contribution in [0.5, 0.6) is 0 Å². The van der Waals surface area contributed by atoms with Crippen molar-refractivity contribution >= 4 is 23.2 Å². The standard InChI is InChI=1S/C13H19ClN2O2/c1-3-11(8-17)15-7-13(18)16-12-6-10(14)5-4-9(12)2/h4-6,11,15,17H,3,7-8H2,1-2H3,(H,16,18)/p+1/t11-/m1/s1. The predicted molar refractivity (Wildman–Crippen MR) is 72.8 cm³/mol. The lowest BCUT2D eigenvalue weighted by atomic mass is 10.2. The second-order valence-electron chi connectivity index (χ2n) is 4.30. The van der Waals surface area contributed by atoms with Crippen LogP contribution in [0.3, 0.4) is 0 Å². The van der Waals surface area contributed by atoms with Crippen molar-refractivity contribution in [2.75, 3.05) is 18.5 Å². The Kier molecular flexibility index (Phi) is 6.12. The summed E-state index contributed by atoms with van der Waals surface area (Å²) in [7, 11) is 0. The lowest BCUT2D eigenvalue weighted by Crippen LogP contribution is -2.92. The molecule has 0 spiro atoms. The normalized spacial score (nSPS) is 12.2. The van der Waals surface area contributed by atoms with Crippen LogP contribution in [0.1, 0.15) is 18.9 Å². The van der Waals surface area contributed by atoms with Gasteiger partial charge in [0.25, 0.3) is 5.91 Å². The first-order valence-corrected chi connectivity index (χ1v) is 6.44. The maximum Gasteiger partial charge on any atom is 0.279 e. The van der Waals surface area contributed by atoms with E-state index in [1.165, 1.54) is 0 Å². The molecule has 0 unspecified atom stereocenters. The Morgan fingerprint density at radius 2 is 2.28 bits per heavy atom. The van der Waals surface area contributed by atoms with Gasteiger partial charge in [0.05, 0.1) is 6.61 Å². The molecule has 100 valence electrons. The number of quaternary nitrogens is 1. The van der Waals surface area contributed by atoms with Crippen LogP contribution in [0.15, 0.2) is 18.2 Å². The monoisotopic (exact) mass is 271 g/mol. The summed E-state index contributed by atoms with van der Waals surface area (Å²) < 4.78 is 0. The van der Waals surface area contributed by atoms with E-state index in [2.05, 4.69) is 5.32 Å². The maximum absolute atomic E-state index is 11.7. The van der Waals surface area contributed by atoms with Crippen LogP contribution in [-0.4, -0.2) is 30.2 Å². The number of nitrogens with one attached hydrogen (secondary N) is 1. The van der Waals surface area contributed by atoms with Gasteiger partial charge in [-0.3, -0.25) is 4.79 Å². The molecular weight excluding hydrogens is 252 g/mol. The molecule has 4 N–H and O–H groups in total. The van der Waals surface area contributed by atoms with Crippen molar-refractivity contribution in [2.24, 2.45) is 0 Å². The van der Waals surface area contributed by atoms with E-state index in [1.807, 2.05) is 25.2 Å². The fourth-order valence-electron chi connectivity index (χ4n) is 1.57. The summed E-state index contributed by atoms with van der Waals surface area (Å²) in [6, 6.07) is 5.47. The van der Waals surface area contributed by atoms with Gasteiger partial charge >= 0.3 is 0 Å². The quantitative estimate of drug-likeness (QED) is 0.720. The zero-order valence-corrected chi connectivity index (χ0v) is 11.5. The lowest BCUT2D eigenvalue weighted by Gasteiger charge is -2.11. The second-order valence-corrected chi connectivity index (χ2v) is 4.73. The van der Waals surface area contributed by atoms with E-state index in [-0.39, 0.29) is 18.6 Å². The number of rotatable bonds is 6. The first-order valence-electron chi connectivity index (χ1n) is 6.07. The number of aliphatic hydroxyl groups is 1. The molecular formula is C13H20ClN2O2+. The number of halogens is 1. The number of aryl methyl sites for hydroxylation is 1. The summed E-state index contributed by atoms with van der Waals surface area (Å²) in [5.41, 5.74) is 1.71. The van der Waals surface area contributed by atoms with E-state index < -0.39 is 0 Å². The van der Waals surface area contributed by atoms with Crippen LogP contribution in [0.2, 0.25) is 5.02 Å². The molecule has 1 amide bonds. The van der Waals surface area contributed by atoms with Gasteiger partial charge < -0.3 is 15.7 Å². The van der Waals surface area contributed by atoms with Crippen molar-refractivity contribution in [3.05, 3.63) is 28.8 Å². The Bertz CT molecular complexity index is 406. The molecule has 4 nitrogen and oxygen atoms in total. The summed E-state index contributed by atoms with van der Waals surface area (Å²) in [6.07, 6.45) is 0.833. The summed E-state index contributed by atoms with van der Waals surface area (Å²) in [6.45, 7) is 4.28. The highest BCUT2D eigenvalue weighted by atomic mass is 35.5. The highest BCUT2D eigenvalue weighted by molar-refractivity contribution is 6.31. The van der Waals surface area contributed by atoms with Gasteiger partial charge in [0.2, 0.25) is 0 Å². The number of aliphatic hydroxyl groups excluding tert-OH is 1. The average molecular weight is 272 g/mol. The summed E-state index contributed by atoms with van der Waals surface area (Å²) >= 11 is 5.88. The molecule has 5 heteroatoms. The van der Waals surface area contributed by atoms with Crippen molar-refractivity contribution in [1.29, 1.82) is 0 Å². The van der Waals surface area contributed by atoms with E-state index in [0.717, 1.165) is 17.7 Å². The zero-order valence-electron chi connectivity index (χ0n) is 10.7. The topological polar surface area (TPSA) is 65.9 Å². The van der Waals surface area contributed by atoms with Crippen LogP contribution >= 0.6 is 11.6 Å². The van der Waals surface area contributed by atoms with E-state index in [9.17, 15) is 4.79 Å². The van der Waals surface area contributed by atoms with Crippen molar-refractivity contribution in [3.8, 4) is 0 Å². The fraction of sp³-hybridized carbons (Fsp3) is 0.462. The predicted octanol–water partition coefficient (Wildman–Crippen LogP) is 0.921. The van der Waals surface area contributed by atoms with E-state index in [1.54, 1.807) is 12.1 Å². The molecule has 0 bridgehead atoms. The molecule has 18 heavy (non-hydrogen) atoms. The van der Waals surface area contributed by atoms with Crippen molar-refractivity contribution < 1.29 is 15.2 Å². The highest BCUT2D eigenvalue weighted by Gasteiger charge is 2.11. The summed E-state index contributed by atoms with van der Waals surface area (Å²) in [5.74, 6) is -0.0905. The third-order valence-electron chi connectivity index (χ3n) is 2.87. The molecule has 0 fully saturated rings. The Hall–Kier alpha value is -1.10. The molecule has 0 aliphatic heterocycles. The van der Waals surface area contributed by atoms with Gasteiger partial charge in [0.1, 0.15) is 6.04 Å². The number of carbonyl (C=O) groups excluding carboxylic acids is 1. The Morgan fingerprint density at radius 3 is 2.89 bits per heavy atom. The Morgan fingerprint density at radius 1 is 1.56 bits per heavy atom. The number of anilines is 1. The molecule has 0 heterocycles. The van der Waals surface area contributed by atoms with E-state index >= 15 is 0 Å². The van der Waals surface area contributed by atoms with Crippen LogP contribution in [0, 0.1) is 6.92 Å². The largest absolute Gasteiger partial charge is 0.390 e. The second kappa shape index (κ2) is 7.36.